The van der Waals surface area contributed by atoms with Crippen molar-refractivity contribution in [1.29, 1.82) is 0 Å². The SMILES string of the molecule is c1cc(COCC2CC2c2cncc(OCC3CCN3)c2)ccn1. The summed E-state index contributed by atoms with van der Waals surface area (Å²) in [6.45, 7) is 3.29. The van der Waals surface area contributed by atoms with E-state index in [4.69, 9.17) is 9.47 Å². The largest absolute Gasteiger partial charge is 0.490 e. The molecule has 1 N–H and O–H groups in total. The Balaban J connectivity index is 1.23. The monoisotopic (exact) mass is 325 g/mol. The standard InChI is InChI=1S/C19H23N3O2/c1-4-20-5-2-14(1)11-23-12-16-8-19(16)15-7-18(10-21-9-15)24-13-17-3-6-22-17/h1-2,4-5,7,9-10,16-17,19,22H,3,6,8,11-13H2. The summed E-state index contributed by atoms with van der Waals surface area (Å²) in [6, 6.07) is 6.63. The lowest BCUT2D eigenvalue weighted by molar-refractivity contribution is 0.110. The van der Waals surface area contributed by atoms with Gasteiger partial charge in [-0.1, -0.05) is 0 Å². The fraction of sp³-hybridized carbons (Fsp3) is 0.474. The Morgan fingerprint density at radius 2 is 2.00 bits per heavy atom. The van der Waals surface area contributed by atoms with Crippen LogP contribution in [0.4, 0.5) is 0 Å². The van der Waals surface area contributed by atoms with Gasteiger partial charge in [0.1, 0.15) is 12.4 Å². The molecule has 3 heterocycles. The molecule has 4 rings (SSSR count). The summed E-state index contributed by atoms with van der Waals surface area (Å²) in [5.74, 6) is 2.03. The molecule has 0 aromatic carbocycles. The fourth-order valence-corrected chi connectivity index (χ4v) is 3.05. The zero-order valence-electron chi connectivity index (χ0n) is 13.7. The van der Waals surface area contributed by atoms with Gasteiger partial charge in [-0.3, -0.25) is 9.97 Å². The Kier molecular flexibility index (Phi) is 4.71. The van der Waals surface area contributed by atoms with Crippen LogP contribution in [0.5, 0.6) is 5.75 Å². The minimum absolute atomic E-state index is 0.504. The molecule has 5 heteroatoms. The molecule has 0 bridgehead atoms. The van der Waals surface area contributed by atoms with E-state index >= 15 is 0 Å². The normalized spacial score (nSPS) is 25.1. The molecule has 2 aromatic rings. The summed E-state index contributed by atoms with van der Waals surface area (Å²) < 4.78 is 11.7. The van der Waals surface area contributed by atoms with Gasteiger partial charge in [0.15, 0.2) is 0 Å². The highest BCUT2D eigenvalue weighted by Crippen LogP contribution is 2.47. The maximum atomic E-state index is 5.84. The van der Waals surface area contributed by atoms with Crippen LogP contribution < -0.4 is 10.1 Å². The number of hydrogen-bond acceptors (Lipinski definition) is 5. The molecule has 2 aromatic heterocycles. The number of hydrogen-bond donors (Lipinski definition) is 1. The molecule has 1 aliphatic heterocycles. The molecular weight excluding hydrogens is 302 g/mol. The molecule has 24 heavy (non-hydrogen) atoms. The Hall–Kier alpha value is -1.98. The molecule has 2 fully saturated rings. The van der Waals surface area contributed by atoms with Gasteiger partial charge < -0.3 is 14.8 Å². The van der Waals surface area contributed by atoms with E-state index in [0.717, 1.165) is 25.5 Å². The highest BCUT2D eigenvalue weighted by Gasteiger charge is 2.38. The predicted octanol–water partition coefficient (Wildman–Crippen LogP) is 2.54. The van der Waals surface area contributed by atoms with Crippen molar-refractivity contribution >= 4 is 0 Å². The van der Waals surface area contributed by atoms with E-state index in [0.29, 0.717) is 24.5 Å². The molecule has 3 unspecified atom stereocenters. The molecule has 5 nitrogen and oxygen atoms in total. The molecule has 0 amide bonds. The van der Waals surface area contributed by atoms with E-state index in [2.05, 4.69) is 21.4 Å². The molecule has 3 atom stereocenters. The first-order chi connectivity index (χ1) is 11.9. The lowest BCUT2D eigenvalue weighted by atomic mass is 10.1. The first kappa shape index (κ1) is 15.5. The summed E-state index contributed by atoms with van der Waals surface area (Å²) in [5.41, 5.74) is 2.44. The van der Waals surface area contributed by atoms with Gasteiger partial charge in [-0.15, -0.1) is 0 Å². The highest BCUT2D eigenvalue weighted by molar-refractivity contribution is 5.30. The van der Waals surface area contributed by atoms with Gasteiger partial charge >= 0.3 is 0 Å². The highest BCUT2D eigenvalue weighted by atomic mass is 16.5. The molecule has 126 valence electrons. The molecule has 1 saturated heterocycles. The molecular formula is C19H23N3O2. The molecule has 0 spiro atoms. The molecule has 1 aliphatic carbocycles. The van der Waals surface area contributed by atoms with E-state index in [-0.39, 0.29) is 0 Å². The fourth-order valence-electron chi connectivity index (χ4n) is 3.05. The second kappa shape index (κ2) is 7.28. The smallest absolute Gasteiger partial charge is 0.137 e. The van der Waals surface area contributed by atoms with Gasteiger partial charge in [0, 0.05) is 24.6 Å². The van der Waals surface area contributed by atoms with Crippen molar-refractivity contribution in [3.63, 3.8) is 0 Å². The minimum Gasteiger partial charge on any atom is -0.490 e. The zero-order chi connectivity index (χ0) is 16.2. The Labute approximate surface area is 142 Å². The van der Waals surface area contributed by atoms with Crippen molar-refractivity contribution in [2.24, 2.45) is 5.92 Å². The van der Waals surface area contributed by atoms with Gasteiger partial charge in [0.25, 0.3) is 0 Å². The van der Waals surface area contributed by atoms with E-state index in [1.54, 1.807) is 18.6 Å². The van der Waals surface area contributed by atoms with Crippen molar-refractivity contribution in [3.8, 4) is 5.75 Å². The molecule has 2 aliphatic rings. The van der Waals surface area contributed by atoms with E-state index in [1.807, 2.05) is 18.3 Å². The van der Waals surface area contributed by atoms with Crippen LogP contribution in [0.1, 0.15) is 29.9 Å². The lowest BCUT2D eigenvalue weighted by Crippen LogP contribution is -2.46. The predicted molar refractivity (Wildman–Crippen MR) is 90.9 cm³/mol. The summed E-state index contributed by atoms with van der Waals surface area (Å²) in [6.07, 6.45) is 9.74. The second-order valence-corrected chi connectivity index (χ2v) is 6.68. The zero-order valence-corrected chi connectivity index (χ0v) is 13.7. The Morgan fingerprint density at radius 3 is 2.79 bits per heavy atom. The van der Waals surface area contributed by atoms with Crippen molar-refractivity contribution < 1.29 is 9.47 Å². The van der Waals surface area contributed by atoms with Crippen LogP contribution in [0.15, 0.2) is 43.0 Å². The van der Waals surface area contributed by atoms with Crippen LogP contribution in [0, 0.1) is 5.92 Å². The van der Waals surface area contributed by atoms with E-state index in [9.17, 15) is 0 Å². The van der Waals surface area contributed by atoms with Crippen LogP contribution >= 0.6 is 0 Å². The van der Waals surface area contributed by atoms with E-state index in [1.165, 1.54) is 24.0 Å². The van der Waals surface area contributed by atoms with Gasteiger partial charge in [-0.05, 0) is 60.5 Å². The summed E-state index contributed by atoms with van der Waals surface area (Å²) in [5, 5.41) is 3.34. The maximum absolute atomic E-state index is 5.84. The Morgan fingerprint density at radius 1 is 1.12 bits per heavy atom. The van der Waals surface area contributed by atoms with Gasteiger partial charge in [0.2, 0.25) is 0 Å². The van der Waals surface area contributed by atoms with Gasteiger partial charge in [0.05, 0.1) is 19.4 Å². The maximum Gasteiger partial charge on any atom is 0.137 e. The van der Waals surface area contributed by atoms with Crippen molar-refractivity contribution in [1.82, 2.24) is 15.3 Å². The summed E-state index contributed by atoms with van der Waals surface area (Å²) >= 11 is 0. The Bertz CT molecular complexity index is 661. The van der Waals surface area contributed by atoms with Crippen LogP contribution in [-0.2, 0) is 11.3 Å². The van der Waals surface area contributed by atoms with Gasteiger partial charge in [-0.2, -0.15) is 0 Å². The molecule has 0 radical (unpaired) electrons. The average molecular weight is 325 g/mol. The van der Waals surface area contributed by atoms with E-state index < -0.39 is 0 Å². The number of nitrogens with one attached hydrogen (secondary N) is 1. The first-order valence-electron chi connectivity index (χ1n) is 8.66. The number of rotatable bonds is 8. The average Bonchev–Trinajstić information content (AvgIpc) is 3.34. The topological polar surface area (TPSA) is 56.3 Å². The van der Waals surface area contributed by atoms with Crippen molar-refractivity contribution in [2.45, 2.75) is 31.4 Å². The minimum atomic E-state index is 0.504. The van der Waals surface area contributed by atoms with Gasteiger partial charge in [-0.25, -0.2) is 0 Å². The molecule has 1 saturated carbocycles. The third-order valence-corrected chi connectivity index (χ3v) is 4.81. The number of ether oxygens (including phenoxy) is 2. The second-order valence-electron chi connectivity index (χ2n) is 6.68. The third-order valence-electron chi connectivity index (χ3n) is 4.81. The van der Waals surface area contributed by atoms with Crippen LogP contribution in [-0.4, -0.2) is 35.8 Å². The number of aromatic nitrogens is 2. The van der Waals surface area contributed by atoms with Crippen molar-refractivity contribution in [3.05, 3.63) is 54.1 Å². The quantitative estimate of drug-likeness (QED) is 0.808. The van der Waals surface area contributed by atoms with Crippen LogP contribution in [0.25, 0.3) is 0 Å². The van der Waals surface area contributed by atoms with Crippen LogP contribution in [0.3, 0.4) is 0 Å². The number of pyridine rings is 2. The number of nitrogens with zero attached hydrogens (tertiary/aromatic N) is 2. The lowest BCUT2D eigenvalue weighted by Gasteiger charge is -2.27. The van der Waals surface area contributed by atoms with Crippen molar-refractivity contribution in [2.75, 3.05) is 19.8 Å². The summed E-state index contributed by atoms with van der Waals surface area (Å²) in [4.78, 5) is 8.35. The third kappa shape index (κ3) is 3.91. The first-order valence-corrected chi connectivity index (χ1v) is 8.66. The summed E-state index contributed by atoms with van der Waals surface area (Å²) in [7, 11) is 0. The van der Waals surface area contributed by atoms with Crippen LogP contribution in [0.2, 0.25) is 0 Å².